The van der Waals surface area contributed by atoms with E-state index in [4.69, 9.17) is 9.47 Å². The molecule has 6 aliphatic rings. The second-order valence-corrected chi connectivity index (χ2v) is 9.95. The number of hydrogen-bond acceptors (Lipinski definition) is 6. The van der Waals surface area contributed by atoms with E-state index in [0.29, 0.717) is 32.3 Å². The zero-order chi connectivity index (χ0) is 18.3. The molecule has 0 aromatic carbocycles. The molecule has 9 unspecified atom stereocenters. The van der Waals surface area contributed by atoms with Gasteiger partial charge in [0.05, 0.1) is 23.9 Å². The summed E-state index contributed by atoms with van der Waals surface area (Å²) in [6.45, 7) is 4.27. The molecule has 144 valence electrons. The van der Waals surface area contributed by atoms with Crippen molar-refractivity contribution in [2.24, 2.45) is 23.2 Å². The zero-order valence-corrected chi connectivity index (χ0v) is 15.3. The number of hydrogen-bond donors (Lipinski definition) is 4. The standard InChI is InChI=1S/C20H28O6/c1-9(2)17(23)6-10-7-18(10)19(24)4-3-11-12(8-25-15(11)21)13(19)5-14-20(18,26-14)16(17)22/h9-10,13-16,21-24H,3-8H2,1-2H3. The Bertz CT molecular complexity index is 734. The molecule has 6 heteroatoms. The van der Waals surface area contributed by atoms with Gasteiger partial charge >= 0.3 is 0 Å². The molecule has 2 heterocycles. The minimum Gasteiger partial charge on any atom is -0.389 e. The molecule has 26 heavy (non-hydrogen) atoms. The van der Waals surface area contributed by atoms with E-state index in [1.54, 1.807) is 0 Å². The lowest BCUT2D eigenvalue weighted by Gasteiger charge is -2.57. The molecule has 6 rings (SSSR count). The third kappa shape index (κ3) is 1.42. The zero-order valence-electron chi connectivity index (χ0n) is 15.3. The summed E-state index contributed by atoms with van der Waals surface area (Å²) < 4.78 is 11.7. The minimum absolute atomic E-state index is 0.0678. The van der Waals surface area contributed by atoms with Crippen LogP contribution in [0.4, 0.5) is 0 Å². The van der Waals surface area contributed by atoms with Crippen molar-refractivity contribution >= 4 is 0 Å². The molecule has 0 aromatic heterocycles. The summed E-state index contributed by atoms with van der Waals surface area (Å²) in [6.07, 6.45) is 1.20. The lowest BCUT2D eigenvalue weighted by Crippen LogP contribution is -2.70. The number of ether oxygens (including phenoxy) is 2. The molecule has 4 aliphatic carbocycles. The Hall–Kier alpha value is -0.500. The summed E-state index contributed by atoms with van der Waals surface area (Å²) in [5.74, 6) is 0.0266. The van der Waals surface area contributed by atoms with Gasteiger partial charge in [-0.2, -0.15) is 0 Å². The monoisotopic (exact) mass is 364 g/mol. The smallest absolute Gasteiger partial charge is 0.177 e. The van der Waals surface area contributed by atoms with Gasteiger partial charge in [-0.3, -0.25) is 0 Å². The highest BCUT2D eigenvalue weighted by Gasteiger charge is 2.93. The van der Waals surface area contributed by atoms with Crippen LogP contribution in [-0.4, -0.2) is 62.3 Å². The fourth-order valence-corrected chi connectivity index (χ4v) is 7.66. The van der Waals surface area contributed by atoms with Crippen molar-refractivity contribution in [3.8, 4) is 0 Å². The summed E-state index contributed by atoms with van der Waals surface area (Å²) in [7, 11) is 0. The van der Waals surface area contributed by atoms with Crippen molar-refractivity contribution in [3.63, 3.8) is 0 Å². The molecule has 4 fully saturated rings. The first kappa shape index (κ1) is 16.5. The number of epoxide rings is 1. The fraction of sp³-hybridized carbons (Fsp3) is 0.900. The molecule has 6 nitrogen and oxygen atoms in total. The topological polar surface area (TPSA) is 103 Å². The SMILES string of the molecule is CC(C)C1(O)CC2CC23C2(O)CCC4=C(COC4O)C2CC2OC23C1O. The van der Waals surface area contributed by atoms with Crippen LogP contribution in [0.15, 0.2) is 11.1 Å². The summed E-state index contributed by atoms with van der Waals surface area (Å²) in [5.41, 5.74) is -1.40. The van der Waals surface area contributed by atoms with Crippen LogP contribution in [0.3, 0.4) is 0 Å². The van der Waals surface area contributed by atoms with Crippen LogP contribution in [-0.2, 0) is 9.47 Å². The van der Waals surface area contributed by atoms with Crippen LogP contribution in [0.25, 0.3) is 0 Å². The summed E-state index contributed by atoms with van der Waals surface area (Å²) in [5, 5.41) is 44.6. The lowest BCUT2D eigenvalue weighted by atomic mass is 9.49. The van der Waals surface area contributed by atoms with Gasteiger partial charge in [-0.15, -0.1) is 0 Å². The first-order valence-electron chi connectivity index (χ1n) is 10.0. The van der Waals surface area contributed by atoms with Crippen molar-refractivity contribution in [1.82, 2.24) is 0 Å². The van der Waals surface area contributed by atoms with Crippen LogP contribution in [0, 0.1) is 23.2 Å². The number of aliphatic hydroxyl groups excluding tert-OH is 2. The highest BCUT2D eigenvalue weighted by Crippen LogP contribution is 2.84. The van der Waals surface area contributed by atoms with Crippen LogP contribution in [0.1, 0.15) is 46.0 Å². The predicted octanol–water partition coefficient (Wildman–Crippen LogP) is 0.472. The van der Waals surface area contributed by atoms with Gasteiger partial charge in [-0.25, -0.2) is 0 Å². The van der Waals surface area contributed by atoms with Gasteiger partial charge in [0.1, 0.15) is 11.7 Å². The molecular weight excluding hydrogens is 336 g/mol. The van der Waals surface area contributed by atoms with Gasteiger partial charge in [0.25, 0.3) is 0 Å². The molecule has 3 saturated carbocycles. The maximum absolute atomic E-state index is 12.0. The first-order valence-corrected chi connectivity index (χ1v) is 10.0. The normalized spacial score (nSPS) is 62.2. The first-order chi connectivity index (χ1) is 12.2. The van der Waals surface area contributed by atoms with Gasteiger partial charge in [0.15, 0.2) is 6.29 Å². The van der Waals surface area contributed by atoms with Crippen molar-refractivity contribution in [3.05, 3.63) is 11.1 Å². The highest BCUT2D eigenvalue weighted by atomic mass is 16.6. The molecule has 1 saturated heterocycles. The quantitative estimate of drug-likeness (QED) is 0.399. The maximum atomic E-state index is 12.0. The Labute approximate surface area is 152 Å². The van der Waals surface area contributed by atoms with Crippen LogP contribution in [0.2, 0.25) is 0 Å². The van der Waals surface area contributed by atoms with Gasteiger partial charge in [-0.1, -0.05) is 13.8 Å². The Balaban J connectivity index is 1.47. The molecule has 4 N–H and O–H groups in total. The van der Waals surface area contributed by atoms with E-state index in [1.807, 2.05) is 13.8 Å². The van der Waals surface area contributed by atoms with Gasteiger partial charge < -0.3 is 29.9 Å². The fourth-order valence-electron chi connectivity index (χ4n) is 7.66. The van der Waals surface area contributed by atoms with Crippen molar-refractivity contribution < 1.29 is 29.9 Å². The lowest BCUT2D eigenvalue weighted by molar-refractivity contribution is -0.222. The van der Waals surface area contributed by atoms with E-state index >= 15 is 0 Å². The summed E-state index contributed by atoms with van der Waals surface area (Å²) >= 11 is 0. The van der Waals surface area contributed by atoms with E-state index < -0.39 is 34.6 Å². The van der Waals surface area contributed by atoms with Crippen LogP contribution < -0.4 is 0 Å². The predicted molar refractivity (Wildman–Crippen MR) is 89.8 cm³/mol. The van der Waals surface area contributed by atoms with Crippen molar-refractivity contribution in [2.75, 3.05) is 6.61 Å². The Morgan fingerprint density at radius 2 is 1.88 bits per heavy atom. The third-order valence-electron chi connectivity index (χ3n) is 9.12. The van der Waals surface area contributed by atoms with Crippen LogP contribution in [0.5, 0.6) is 0 Å². The van der Waals surface area contributed by atoms with Crippen molar-refractivity contribution in [1.29, 1.82) is 0 Å². The van der Waals surface area contributed by atoms with Gasteiger partial charge in [0.2, 0.25) is 0 Å². The molecule has 0 aromatic rings. The summed E-state index contributed by atoms with van der Waals surface area (Å²) in [6, 6.07) is 0. The Morgan fingerprint density at radius 1 is 1.12 bits per heavy atom. The third-order valence-corrected chi connectivity index (χ3v) is 9.12. The molecule has 0 amide bonds. The highest BCUT2D eigenvalue weighted by molar-refractivity contribution is 5.45. The van der Waals surface area contributed by atoms with E-state index in [0.717, 1.165) is 17.6 Å². The summed E-state index contributed by atoms with van der Waals surface area (Å²) in [4.78, 5) is 0. The number of aliphatic hydroxyl groups is 4. The minimum atomic E-state index is -1.16. The molecule has 2 spiro atoms. The number of fused-ring (bicyclic) bond motifs is 2. The molecule has 0 bridgehead atoms. The van der Waals surface area contributed by atoms with E-state index in [2.05, 4.69) is 0 Å². The largest absolute Gasteiger partial charge is 0.389 e. The molecule has 2 aliphatic heterocycles. The second kappa shape index (κ2) is 4.39. The Morgan fingerprint density at radius 3 is 2.62 bits per heavy atom. The number of rotatable bonds is 1. The average molecular weight is 364 g/mol. The van der Waals surface area contributed by atoms with E-state index in [-0.39, 0.29) is 23.9 Å². The van der Waals surface area contributed by atoms with Crippen molar-refractivity contribution in [2.45, 2.75) is 81.3 Å². The van der Waals surface area contributed by atoms with Crippen LogP contribution >= 0.6 is 0 Å². The maximum Gasteiger partial charge on any atom is 0.177 e. The average Bonchev–Trinajstić information content (AvgIpc) is 3.46. The second-order valence-electron chi connectivity index (χ2n) is 9.95. The molecule has 0 radical (unpaired) electrons. The van der Waals surface area contributed by atoms with Gasteiger partial charge in [-0.05, 0) is 55.1 Å². The molecule has 9 atom stereocenters. The van der Waals surface area contributed by atoms with Gasteiger partial charge in [0, 0.05) is 11.3 Å². The Kier molecular flexibility index (Phi) is 2.78. The van der Waals surface area contributed by atoms with E-state index in [9.17, 15) is 20.4 Å². The molecular formula is C20H28O6. The van der Waals surface area contributed by atoms with E-state index in [1.165, 1.54) is 0 Å².